The van der Waals surface area contributed by atoms with Crippen LogP contribution in [-0.2, 0) is 29.6 Å². The van der Waals surface area contributed by atoms with Crippen molar-refractivity contribution in [2.45, 2.75) is 26.2 Å². The fourth-order valence-corrected chi connectivity index (χ4v) is 2.73. The van der Waals surface area contributed by atoms with E-state index in [1.807, 2.05) is 19.1 Å². The van der Waals surface area contributed by atoms with E-state index in [0.717, 1.165) is 16.6 Å². The van der Waals surface area contributed by atoms with Crippen LogP contribution < -0.4 is 0 Å². The second kappa shape index (κ2) is 7.68. The summed E-state index contributed by atoms with van der Waals surface area (Å²) in [6.07, 6.45) is 0.995. The van der Waals surface area contributed by atoms with Crippen LogP contribution in [-0.4, -0.2) is 36.9 Å². The Balaban J connectivity index is 1.85. The number of esters is 1. The van der Waals surface area contributed by atoms with Gasteiger partial charge in [-0.3, -0.25) is 9.36 Å². The van der Waals surface area contributed by atoms with Gasteiger partial charge in [-0.1, -0.05) is 12.1 Å². The Morgan fingerprint density at radius 2 is 1.91 bits per heavy atom. The van der Waals surface area contributed by atoms with Crippen molar-refractivity contribution in [3.05, 3.63) is 23.3 Å². The fourth-order valence-electron chi connectivity index (χ4n) is 2.07. The Bertz CT molecular complexity index is 721. The van der Waals surface area contributed by atoms with Crippen LogP contribution in [0.25, 0.3) is 11.0 Å². The molecule has 0 fully saturated rings. The van der Waals surface area contributed by atoms with Gasteiger partial charge in [0, 0.05) is 20.6 Å². The van der Waals surface area contributed by atoms with E-state index < -0.39 is 13.6 Å². The third-order valence-corrected chi connectivity index (χ3v) is 5.03. The third kappa shape index (κ3) is 4.37. The summed E-state index contributed by atoms with van der Waals surface area (Å²) in [5.41, 5.74) is 3.38. The molecule has 1 aromatic carbocycles. The van der Waals surface area contributed by atoms with Gasteiger partial charge < -0.3 is 13.8 Å². The fraction of sp³-hybridized carbons (Fsp3) is 0.500. The molecule has 0 N–H and O–H groups in total. The number of rotatable bonds is 8. The molecule has 1 heterocycles. The van der Waals surface area contributed by atoms with Gasteiger partial charge in [-0.05, 0) is 41.2 Å². The number of hydrogen-bond donors (Lipinski definition) is 0. The summed E-state index contributed by atoms with van der Waals surface area (Å²) < 4.78 is 30.8. The molecule has 8 nitrogen and oxygen atoms in total. The summed E-state index contributed by atoms with van der Waals surface area (Å²) in [7, 11) is -0.843. The van der Waals surface area contributed by atoms with Crippen molar-refractivity contribution >= 4 is 24.6 Å². The molecule has 0 radical (unpaired) electrons. The molecule has 0 saturated carbocycles. The lowest BCUT2D eigenvalue weighted by Crippen LogP contribution is -2.08. The lowest BCUT2D eigenvalue weighted by atomic mass is 10.0. The van der Waals surface area contributed by atoms with Crippen molar-refractivity contribution in [2.24, 2.45) is 0 Å². The SMILES string of the molecule is COP(=O)(COC(=O)CCCc1ccc(C)c2nonc12)OC. The van der Waals surface area contributed by atoms with Crippen LogP contribution in [0.3, 0.4) is 0 Å². The number of aryl methyl sites for hydroxylation is 2. The highest BCUT2D eigenvalue weighted by molar-refractivity contribution is 7.53. The zero-order chi connectivity index (χ0) is 16.9. The minimum atomic E-state index is -3.33. The summed E-state index contributed by atoms with van der Waals surface area (Å²) in [5.74, 6) is -0.457. The lowest BCUT2D eigenvalue weighted by molar-refractivity contribution is -0.142. The molecule has 0 unspecified atom stereocenters. The number of nitrogens with zero attached hydrogens (tertiary/aromatic N) is 2. The van der Waals surface area contributed by atoms with Gasteiger partial charge >= 0.3 is 13.6 Å². The van der Waals surface area contributed by atoms with E-state index in [1.54, 1.807) is 0 Å². The highest BCUT2D eigenvalue weighted by atomic mass is 31.2. The van der Waals surface area contributed by atoms with E-state index >= 15 is 0 Å². The molecule has 126 valence electrons. The minimum Gasteiger partial charge on any atom is -0.453 e. The zero-order valence-corrected chi connectivity index (χ0v) is 14.2. The lowest BCUT2D eigenvalue weighted by Gasteiger charge is -2.13. The van der Waals surface area contributed by atoms with Gasteiger partial charge in [0.25, 0.3) is 0 Å². The smallest absolute Gasteiger partial charge is 0.367 e. The van der Waals surface area contributed by atoms with Crippen molar-refractivity contribution in [1.82, 2.24) is 10.3 Å². The topological polar surface area (TPSA) is 101 Å². The number of carbonyl (C=O) groups is 1. The molecular weight excluding hydrogens is 323 g/mol. The monoisotopic (exact) mass is 342 g/mol. The molecular formula is C14H19N2O6P. The standard InChI is InChI=1S/C14H19N2O6P/c1-10-7-8-11(14-13(10)15-22-16-14)5-4-6-12(17)21-9-23(18,19-2)20-3/h7-8H,4-6,9H2,1-3H3. The molecule has 2 rings (SSSR count). The van der Waals surface area contributed by atoms with Gasteiger partial charge in [-0.25, -0.2) is 4.63 Å². The number of carbonyl (C=O) groups excluding carboxylic acids is 1. The molecule has 1 aromatic heterocycles. The van der Waals surface area contributed by atoms with E-state index in [2.05, 4.69) is 10.3 Å². The molecule has 2 aromatic rings. The van der Waals surface area contributed by atoms with Crippen molar-refractivity contribution in [1.29, 1.82) is 0 Å². The Hall–Kier alpha value is -1.76. The van der Waals surface area contributed by atoms with Crippen LogP contribution in [0, 0.1) is 6.92 Å². The molecule has 0 aliphatic carbocycles. The highest BCUT2D eigenvalue weighted by Crippen LogP contribution is 2.46. The van der Waals surface area contributed by atoms with Gasteiger partial charge in [0.15, 0.2) is 6.35 Å². The van der Waals surface area contributed by atoms with E-state index in [0.29, 0.717) is 18.4 Å². The molecule has 0 spiro atoms. The molecule has 0 bridgehead atoms. The predicted octanol–water partition coefficient (Wildman–Crippen LogP) is 2.84. The number of aromatic nitrogens is 2. The van der Waals surface area contributed by atoms with E-state index in [1.165, 1.54) is 14.2 Å². The first-order chi connectivity index (χ1) is 11.0. The van der Waals surface area contributed by atoms with Crippen LogP contribution >= 0.6 is 7.60 Å². The van der Waals surface area contributed by atoms with Crippen molar-refractivity contribution in [2.75, 3.05) is 20.6 Å². The van der Waals surface area contributed by atoms with Gasteiger partial charge in [0.2, 0.25) is 0 Å². The normalized spacial score (nSPS) is 11.8. The zero-order valence-electron chi connectivity index (χ0n) is 13.3. The average Bonchev–Trinajstić information content (AvgIpc) is 3.05. The second-order valence-corrected chi connectivity index (χ2v) is 7.19. The maximum absolute atomic E-state index is 11.8. The summed E-state index contributed by atoms with van der Waals surface area (Å²) in [6.45, 7) is 1.93. The summed E-state index contributed by atoms with van der Waals surface area (Å²) >= 11 is 0. The second-order valence-electron chi connectivity index (χ2n) is 4.98. The summed E-state index contributed by atoms with van der Waals surface area (Å²) in [6, 6.07) is 3.88. The molecule has 0 atom stereocenters. The first kappa shape index (κ1) is 17.6. The molecule has 23 heavy (non-hydrogen) atoms. The van der Waals surface area contributed by atoms with E-state index in [4.69, 9.17) is 18.4 Å². The number of ether oxygens (including phenoxy) is 1. The largest absolute Gasteiger partial charge is 0.453 e. The molecule has 0 saturated heterocycles. The van der Waals surface area contributed by atoms with Gasteiger partial charge in [0.1, 0.15) is 11.0 Å². The van der Waals surface area contributed by atoms with Crippen LogP contribution in [0.1, 0.15) is 24.0 Å². The molecule has 0 amide bonds. The van der Waals surface area contributed by atoms with Crippen molar-refractivity contribution < 1.29 is 27.8 Å². The Morgan fingerprint density at radius 1 is 1.22 bits per heavy atom. The minimum absolute atomic E-state index is 0.189. The predicted molar refractivity (Wildman–Crippen MR) is 82.1 cm³/mol. The van der Waals surface area contributed by atoms with Crippen molar-refractivity contribution in [3.8, 4) is 0 Å². The first-order valence-corrected chi connectivity index (χ1v) is 8.79. The van der Waals surface area contributed by atoms with E-state index in [9.17, 15) is 9.36 Å². The first-order valence-electron chi connectivity index (χ1n) is 7.06. The summed E-state index contributed by atoms with van der Waals surface area (Å²) in [4.78, 5) is 11.7. The molecule has 9 heteroatoms. The van der Waals surface area contributed by atoms with Crippen LogP contribution in [0.15, 0.2) is 16.8 Å². The van der Waals surface area contributed by atoms with Crippen molar-refractivity contribution in [3.63, 3.8) is 0 Å². The van der Waals surface area contributed by atoms with E-state index in [-0.39, 0.29) is 12.8 Å². The maximum Gasteiger partial charge on any atom is 0.367 e. The quantitative estimate of drug-likeness (QED) is 0.533. The maximum atomic E-state index is 11.8. The Labute approximate surface area is 133 Å². The van der Waals surface area contributed by atoms with Gasteiger partial charge in [-0.2, -0.15) is 0 Å². The summed E-state index contributed by atoms with van der Waals surface area (Å²) in [5, 5.41) is 7.76. The third-order valence-electron chi connectivity index (χ3n) is 3.47. The Kier molecular flexibility index (Phi) is 5.87. The van der Waals surface area contributed by atoms with Gasteiger partial charge in [-0.15, -0.1) is 0 Å². The van der Waals surface area contributed by atoms with Gasteiger partial charge in [0.05, 0.1) is 0 Å². The Morgan fingerprint density at radius 3 is 2.61 bits per heavy atom. The molecule has 0 aliphatic heterocycles. The average molecular weight is 342 g/mol. The number of fused-ring (bicyclic) bond motifs is 1. The number of hydrogen-bond acceptors (Lipinski definition) is 8. The van der Waals surface area contributed by atoms with Crippen LogP contribution in [0.2, 0.25) is 0 Å². The number of benzene rings is 1. The van der Waals surface area contributed by atoms with Crippen LogP contribution in [0.4, 0.5) is 0 Å². The highest BCUT2D eigenvalue weighted by Gasteiger charge is 2.23. The molecule has 0 aliphatic rings. The van der Waals surface area contributed by atoms with Crippen LogP contribution in [0.5, 0.6) is 0 Å².